The third kappa shape index (κ3) is 4.19. The molecule has 1 aromatic carbocycles. The maximum absolute atomic E-state index is 8.86. The molecule has 0 bridgehead atoms. The van der Waals surface area contributed by atoms with Crippen LogP contribution in [-0.2, 0) is 11.3 Å². The Balaban J connectivity index is 1.72. The van der Waals surface area contributed by atoms with Crippen LogP contribution in [0.5, 0.6) is 0 Å². The molecule has 0 saturated carbocycles. The highest BCUT2D eigenvalue weighted by molar-refractivity contribution is 6.30. The Hall–Kier alpha value is -2.16. The smallest absolute Gasteiger partial charge is 0.182 e. The van der Waals surface area contributed by atoms with E-state index in [1.54, 1.807) is 0 Å². The molecule has 0 aliphatic heterocycles. The molecular weight excluding hydrogens is 276 g/mol. The maximum Gasteiger partial charge on any atom is 0.182 e. The normalized spacial score (nSPS) is 10.0. The second-order valence-electron chi connectivity index (χ2n) is 3.97. The van der Waals surface area contributed by atoms with Crippen LogP contribution in [0.15, 0.2) is 36.7 Å². The lowest BCUT2D eigenvalue weighted by atomic mass is 10.2. The number of rotatable bonds is 6. The maximum atomic E-state index is 8.86. The molecule has 1 heterocycles. The Kier molecular flexibility index (Phi) is 5.30. The minimum Gasteiger partial charge on any atom is -0.375 e. The van der Waals surface area contributed by atoms with Gasteiger partial charge in [0.2, 0.25) is 0 Å². The summed E-state index contributed by atoms with van der Waals surface area (Å²) in [6.45, 7) is 1.58. The van der Waals surface area contributed by atoms with Gasteiger partial charge in [-0.3, -0.25) is 0 Å². The Labute approximate surface area is 122 Å². The number of halogens is 1. The molecule has 0 aliphatic carbocycles. The zero-order valence-electron chi connectivity index (χ0n) is 10.7. The van der Waals surface area contributed by atoms with Gasteiger partial charge in [-0.2, -0.15) is 5.26 Å². The molecular formula is C14H13ClN4O. The van der Waals surface area contributed by atoms with Crippen LogP contribution < -0.4 is 5.32 Å². The lowest BCUT2D eigenvalue weighted by Gasteiger charge is -2.07. The average Bonchev–Trinajstić information content (AvgIpc) is 2.49. The highest BCUT2D eigenvalue weighted by Crippen LogP contribution is 2.10. The van der Waals surface area contributed by atoms with Crippen LogP contribution >= 0.6 is 11.6 Å². The molecule has 1 N–H and O–H groups in total. The minimum absolute atomic E-state index is 0.283. The predicted octanol–water partition coefficient (Wildman–Crippen LogP) is 2.63. The predicted molar refractivity (Wildman–Crippen MR) is 76.3 cm³/mol. The summed E-state index contributed by atoms with van der Waals surface area (Å²) in [6.07, 6.45) is 3.03. The van der Waals surface area contributed by atoms with Crippen molar-refractivity contribution in [3.63, 3.8) is 0 Å². The number of nitriles is 1. The topological polar surface area (TPSA) is 70.8 Å². The van der Waals surface area contributed by atoms with E-state index in [-0.39, 0.29) is 5.69 Å². The first-order chi connectivity index (χ1) is 9.79. The van der Waals surface area contributed by atoms with Crippen molar-refractivity contribution in [3.8, 4) is 6.07 Å². The van der Waals surface area contributed by atoms with Crippen LogP contribution in [0.2, 0.25) is 5.02 Å². The molecule has 0 saturated heterocycles. The lowest BCUT2D eigenvalue weighted by Crippen LogP contribution is -2.11. The molecule has 2 rings (SSSR count). The molecule has 6 heteroatoms. The fourth-order valence-corrected chi connectivity index (χ4v) is 1.69. The molecule has 0 spiro atoms. The Morgan fingerprint density at radius 2 is 1.95 bits per heavy atom. The average molecular weight is 289 g/mol. The highest BCUT2D eigenvalue weighted by Gasteiger charge is 2.02. The van der Waals surface area contributed by atoms with Gasteiger partial charge in [0, 0.05) is 24.0 Å². The molecule has 2 aromatic rings. The van der Waals surface area contributed by atoms with Crippen molar-refractivity contribution in [1.29, 1.82) is 5.26 Å². The monoisotopic (exact) mass is 288 g/mol. The molecule has 0 radical (unpaired) electrons. The summed E-state index contributed by atoms with van der Waals surface area (Å²) >= 11 is 5.80. The van der Waals surface area contributed by atoms with Crippen molar-refractivity contribution >= 4 is 17.4 Å². The molecule has 0 fully saturated rings. The highest BCUT2D eigenvalue weighted by atomic mass is 35.5. The molecule has 0 amide bonds. The van der Waals surface area contributed by atoms with E-state index in [0.717, 1.165) is 5.56 Å². The van der Waals surface area contributed by atoms with Crippen LogP contribution in [0.1, 0.15) is 11.3 Å². The van der Waals surface area contributed by atoms with Crippen molar-refractivity contribution in [2.24, 2.45) is 0 Å². The number of nitrogens with one attached hydrogen (secondary N) is 1. The number of ether oxygens (including phenoxy) is 1. The van der Waals surface area contributed by atoms with E-state index in [1.807, 2.05) is 30.3 Å². The number of hydrogen-bond acceptors (Lipinski definition) is 5. The van der Waals surface area contributed by atoms with Crippen molar-refractivity contribution in [3.05, 3.63) is 52.9 Å². The largest absolute Gasteiger partial charge is 0.375 e. The molecule has 5 nitrogen and oxygen atoms in total. The summed E-state index contributed by atoms with van der Waals surface area (Å²) in [5.41, 5.74) is 1.34. The van der Waals surface area contributed by atoms with E-state index < -0.39 is 0 Å². The van der Waals surface area contributed by atoms with E-state index in [9.17, 15) is 0 Å². The van der Waals surface area contributed by atoms with Gasteiger partial charge in [0.15, 0.2) is 11.5 Å². The molecule has 0 atom stereocenters. The van der Waals surface area contributed by atoms with Crippen LogP contribution in [0.25, 0.3) is 0 Å². The van der Waals surface area contributed by atoms with E-state index in [2.05, 4.69) is 15.3 Å². The first-order valence-electron chi connectivity index (χ1n) is 6.07. The molecule has 0 aliphatic rings. The summed E-state index contributed by atoms with van der Waals surface area (Å²) in [5.74, 6) is 0.477. The van der Waals surface area contributed by atoms with Gasteiger partial charge in [-0.1, -0.05) is 23.7 Å². The summed E-state index contributed by atoms with van der Waals surface area (Å²) in [7, 11) is 0. The van der Waals surface area contributed by atoms with E-state index >= 15 is 0 Å². The molecule has 1 aromatic heterocycles. The van der Waals surface area contributed by atoms with Crippen molar-refractivity contribution < 1.29 is 4.74 Å². The van der Waals surface area contributed by atoms with Crippen molar-refractivity contribution in [2.75, 3.05) is 18.5 Å². The second kappa shape index (κ2) is 7.43. The number of anilines is 1. The second-order valence-corrected chi connectivity index (χ2v) is 4.41. The summed E-state index contributed by atoms with van der Waals surface area (Å²) in [4.78, 5) is 7.96. The molecule has 102 valence electrons. The SMILES string of the molecule is N#Cc1nccnc1NCCOCc1ccc(Cl)cc1. The minimum atomic E-state index is 0.283. The van der Waals surface area contributed by atoms with Gasteiger partial charge in [0.1, 0.15) is 6.07 Å². The quantitative estimate of drug-likeness (QED) is 0.827. The number of benzene rings is 1. The van der Waals surface area contributed by atoms with Gasteiger partial charge >= 0.3 is 0 Å². The fraction of sp³-hybridized carbons (Fsp3) is 0.214. The zero-order chi connectivity index (χ0) is 14.2. The van der Waals surface area contributed by atoms with Gasteiger partial charge in [-0.15, -0.1) is 0 Å². The van der Waals surface area contributed by atoms with Gasteiger partial charge in [-0.25, -0.2) is 9.97 Å². The van der Waals surface area contributed by atoms with Gasteiger partial charge < -0.3 is 10.1 Å². The Morgan fingerprint density at radius 1 is 1.20 bits per heavy atom. The molecule has 0 unspecified atom stereocenters. The summed E-state index contributed by atoms with van der Waals surface area (Å²) in [6, 6.07) is 9.49. The van der Waals surface area contributed by atoms with Crippen LogP contribution in [0.4, 0.5) is 5.82 Å². The number of nitrogens with zero attached hydrogens (tertiary/aromatic N) is 3. The standard InChI is InChI=1S/C14H13ClN4O/c15-12-3-1-11(2-4-12)10-20-8-7-19-14-13(9-16)17-5-6-18-14/h1-6H,7-8,10H2,(H,18,19). The zero-order valence-corrected chi connectivity index (χ0v) is 11.5. The third-order valence-electron chi connectivity index (χ3n) is 2.52. The van der Waals surface area contributed by atoms with Gasteiger partial charge in [-0.05, 0) is 17.7 Å². The van der Waals surface area contributed by atoms with Gasteiger partial charge in [0.05, 0.1) is 13.2 Å². The number of aromatic nitrogens is 2. The van der Waals surface area contributed by atoms with Crippen molar-refractivity contribution in [2.45, 2.75) is 6.61 Å². The van der Waals surface area contributed by atoms with E-state index in [1.165, 1.54) is 12.4 Å². The molecule has 20 heavy (non-hydrogen) atoms. The van der Waals surface area contributed by atoms with E-state index in [0.29, 0.717) is 30.6 Å². The first kappa shape index (κ1) is 14.3. The number of hydrogen-bond donors (Lipinski definition) is 1. The Bertz CT molecular complexity index is 595. The third-order valence-corrected chi connectivity index (χ3v) is 2.78. The van der Waals surface area contributed by atoms with Crippen molar-refractivity contribution in [1.82, 2.24) is 9.97 Å². The Morgan fingerprint density at radius 3 is 2.70 bits per heavy atom. The van der Waals surface area contributed by atoms with E-state index in [4.69, 9.17) is 21.6 Å². The first-order valence-corrected chi connectivity index (χ1v) is 6.44. The lowest BCUT2D eigenvalue weighted by molar-refractivity contribution is 0.130. The van der Waals surface area contributed by atoms with Crippen LogP contribution in [-0.4, -0.2) is 23.1 Å². The van der Waals surface area contributed by atoms with Gasteiger partial charge in [0.25, 0.3) is 0 Å². The van der Waals surface area contributed by atoms with Crippen LogP contribution in [0, 0.1) is 11.3 Å². The summed E-state index contributed by atoms with van der Waals surface area (Å²) < 4.78 is 5.52. The fourth-order valence-electron chi connectivity index (χ4n) is 1.56. The summed E-state index contributed by atoms with van der Waals surface area (Å²) in [5, 5.41) is 12.6. The van der Waals surface area contributed by atoms with Crippen LogP contribution in [0.3, 0.4) is 0 Å².